The van der Waals surface area contributed by atoms with Gasteiger partial charge in [-0.25, -0.2) is 4.79 Å². The van der Waals surface area contributed by atoms with E-state index in [2.05, 4.69) is 39.1 Å². The normalized spacial score (nSPS) is 14.9. The van der Waals surface area contributed by atoms with Crippen molar-refractivity contribution >= 4 is 23.3 Å². The second-order valence-electron chi connectivity index (χ2n) is 9.89. The summed E-state index contributed by atoms with van der Waals surface area (Å²) >= 11 is 0. The summed E-state index contributed by atoms with van der Waals surface area (Å²) in [6, 6.07) is 12.9. The Kier molecular flexibility index (Phi) is 9.07. The van der Waals surface area contributed by atoms with E-state index in [0.717, 1.165) is 54.7 Å². The second-order valence-corrected chi connectivity index (χ2v) is 9.89. The number of rotatable bonds is 11. The zero-order valence-electron chi connectivity index (χ0n) is 21.6. The SMILES string of the molecule is CCCCC(CC)COC(=O)Nc1cccc(C(=O)CC2=NC(C)(C)Cc3ccc(OC)cc32)c1. The lowest BCUT2D eigenvalue weighted by molar-refractivity contribution is 0.1000. The molecule has 1 atom stereocenters. The smallest absolute Gasteiger partial charge is 0.411 e. The number of benzene rings is 2. The number of amides is 1. The van der Waals surface area contributed by atoms with E-state index in [9.17, 15) is 9.59 Å². The van der Waals surface area contributed by atoms with Crippen LogP contribution in [-0.4, -0.2) is 36.8 Å². The average molecular weight is 479 g/mol. The van der Waals surface area contributed by atoms with Crippen LogP contribution in [0.2, 0.25) is 0 Å². The minimum Gasteiger partial charge on any atom is -0.497 e. The first-order chi connectivity index (χ1) is 16.7. The summed E-state index contributed by atoms with van der Waals surface area (Å²) in [5.41, 5.74) is 3.66. The molecule has 0 fully saturated rings. The van der Waals surface area contributed by atoms with E-state index in [1.54, 1.807) is 31.4 Å². The van der Waals surface area contributed by atoms with Gasteiger partial charge in [-0.3, -0.25) is 15.1 Å². The van der Waals surface area contributed by atoms with Gasteiger partial charge < -0.3 is 9.47 Å². The first-order valence-electron chi connectivity index (χ1n) is 12.6. The third kappa shape index (κ3) is 7.41. The highest BCUT2D eigenvalue weighted by Gasteiger charge is 2.28. The number of aliphatic imine (C=N–C) groups is 1. The fourth-order valence-corrected chi connectivity index (χ4v) is 4.44. The summed E-state index contributed by atoms with van der Waals surface area (Å²) in [6.07, 6.45) is 4.78. The van der Waals surface area contributed by atoms with Crippen molar-refractivity contribution in [3.63, 3.8) is 0 Å². The van der Waals surface area contributed by atoms with Gasteiger partial charge in [-0.1, -0.05) is 51.3 Å². The van der Waals surface area contributed by atoms with Gasteiger partial charge in [0.25, 0.3) is 0 Å². The number of anilines is 1. The topological polar surface area (TPSA) is 77.0 Å². The maximum atomic E-state index is 13.2. The van der Waals surface area contributed by atoms with Gasteiger partial charge in [-0.15, -0.1) is 0 Å². The Morgan fingerprint density at radius 1 is 1.14 bits per heavy atom. The molecule has 1 N–H and O–H groups in total. The summed E-state index contributed by atoms with van der Waals surface area (Å²) in [5.74, 6) is 1.06. The first-order valence-corrected chi connectivity index (χ1v) is 12.6. The number of carbonyl (C=O) groups is 2. The number of ketones is 1. The zero-order valence-corrected chi connectivity index (χ0v) is 21.6. The number of methoxy groups -OCH3 is 1. The predicted octanol–water partition coefficient (Wildman–Crippen LogP) is 6.86. The van der Waals surface area contributed by atoms with Crippen LogP contribution in [0.3, 0.4) is 0 Å². The number of carbonyl (C=O) groups excluding carboxylic acids is 2. The van der Waals surface area contributed by atoms with Gasteiger partial charge in [-0.05, 0) is 62.4 Å². The molecule has 0 spiro atoms. The Morgan fingerprint density at radius 3 is 2.66 bits per heavy atom. The monoisotopic (exact) mass is 478 g/mol. The predicted molar refractivity (Wildman–Crippen MR) is 141 cm³/mol. The summed E-state index contributed by atoms with van der Waals surface area (Å²) in [7, 11) is 1.63. The minimum absolute atomic E-state index is 0.0575. The van der Waals surface area contributed by atoms with E-state index in [1.165, 1.54) is 0 Å². The quantitative estimate of drug-likeness (QED) is 0.358. The van der Waals surface area contributed by atoms with E-state index < -0.39 is 6.09 Å². The number of nitrogens with one attached hydrogen (secondary N) is 1. The Bertz CT molecular complexity index is 1070. The molecule has 1 heterocycles. The molecular weight excluding hydrogens is 440 g/mol. The fourth-order valence-electron chi connectivity index (χ4n) is 4.44. The number of fused-ring (bicyclic) bond motifs is 1. The van der Waals surface area contributed by atoms with Crippen LogP contribution in [-0.2, 0) is 11.2 Å². The van der Waals surface area contributed by atoms with Gasteiger partial charge in [-0.2, -0.15) is 0 Å². The average Bonchev–Trinajstić information content (AvgIpc) is 2.83. The van der Waals surface area contributed by atoms with Crippen molar-refractivity contribution in [2.75, 3.05) is 19.0 Å². The number of hydrogen-bond acceptors (Lipinski definition) is 5. The summed E-state index contributed by atoms with van der Waals surface area (Å²) in [6.45, 7) is 8.83. The first kappa shape index (κ1) is 26.5. The lowest BCUT2D eigenvalue weighted by Gasteiger charge is -2.29. The van der Waals surface area contributed by atoms with Crippen LogP contribution in [0.15, 0.2) is 47.5 Å². The van der Waals surface area contributed by atoms with Crippen LogP contribution in [0, 0.1) is 5.92 Å². The summed E-state index contributed by atoms with van der Waals surface area (Å²) in [5, 5.41) is 2.76. The Hall–Kier alpha value is -3.15. The highest BCUT2D eigenvalue weighted by molar-refractivity contribution is 6.17. The van der Waals surface area contributed by atoms with Gasteiger partial charge in [0, 0.05) is 16.8 Å². The lowest BCUT2D eigenvalue weighted by Crippen LogP contribution is -2.30. The van der Waals surface area contributed by atoms with Crippen molar-refractivity contribution in [3.05, 3.63) is 59.2 Å². The molecule has 0 aliphatic carbocycles. The second kappa shape index (κ2) is 12.0. The Balaban J connectivity index is 1.68. The molecule has 35 heavy (non-hydrogen) atoms. The van der Waals surface area contributed by atoms with Crippen molar-refractivity contribution in [1.82, 2.24) is 0 Å². The van der Waals surface area contributed by atoms with E-state index in [-0.39, 0.29) is 17.7 Å². The van der Waals surface area contributed by atoms with Gasteiger partial charge in [0.15, 0.2) is 5.78 Å². The van der Waals surface area contributed by atoms with E-state index in [1.807, 2.05) is 12.1 Å². The molecule has 1 amide bonds. The Labute approximate surface area is 209 Å². The Morgan fingerprint density at radius 2 is 1.94 bits per heavy atom. The van der Waals surface area contributed by atoms with Crippen LogP contribution in [0.4, 0.5) is 10.5 Å². The number of unbranched alkanes of at least 4 members (excludes halogenated alkanes) is 1. The molecule has 188 valence electrons. The molecule has 2 aromatic carbocycles. The van der Waals surface area contributed by atoms with Crippen molar-refractivity contribution in [3.8, 4) is 5.75 Å². The van der Waals surface area contributed by atoms with E-state index in [0.29, 0.717) is 23.8 Å². The third-order valence-corrected chi connectivity index (χ3v) is 6.44. The maximum Gasteiger partial charge on any atom is 0.411 e. The van der Waals surface area contributed by atoms with Gasteiger partial charge in [0.1, 0.15) is 5.75 Å². The molecule has 1 aliphatic rings. The van der Waals surface area contributed by atoms with Crippen molar-refractivity contribution in [2.45, 2.75) is 71.8 Å². The van der Waals surface area contributed by atoms with E-state index >= 15 is 0 Å². The number of hydrogen-bond donors (Lipinski definition) is 1. The highest BCUT2D eigenvalue weighted by atomic mass is 16.5. The number of ether oxygens (including phenoxy) is 2. The molecule has 0 radical (unpaired) electrons. The molecule has 2 aromatic rings. The van der Waals surface area contributed by atoms with Crippen LogP contribution >= 0.6 is 0 Å². The summed E-state index contributed by atoms with van der Waals surface area (Å²) < 4.78 is 10.8. The fraction of sp³-hybridized carbons (Fsp3) is 0.483. The number of nitrogens with zero attached hydrogens (tertiary/aromatic N) is 1. The standard InChI is InChI=1S/C29H38N2O4/c1-6-8-10-20(7-2)19-35-28(33)30-23-12-9-11-21(15-23)27(32)17-26-25-16-24(34-5)14-13-22(25)18-29(3,4)31-26/h9,11-16,20H,6-8,10,17-19H2,1-5H3,(H,30,33). The molecule has 0 bridgehead atoms. The van der Waals surface area contributed by atoms with Crippen molar-refractivity contribution in [2.24, 2.45) is 10.9 Å². The number of Topliss-reactive ketones (excluding diaryl/α,β-unsaturated/α-hetero) is 1. The zero-order chi connectivity index (χ0) is 25.4. The van der Waals surface area contributed by atoms with E-state index in [4.69, 9.17) is 14.5 Å². The van der Waals surface area contributed by atoms with Crippen LogP contribution in [0.5, 0.6) is 5.75 Å². The molecule has 0 aromatic heterocycles. The van der Waals surface area contributed by atoms with Crippen molar-refractivity contribution < 1.29 is 19.1 Å². The molecule has 6 nitrogen and oxygen atoms in total. The lowest BCUT2D eigenvalue weighted by atomic mass is 9.85. The van der Waals surface area contributed by atoms with Crippen LogP contribution in [0.25, 0.3) is 0 Å². The molecule has 1 aliphatic heterocycles. The molecular formula is C29H38N2O4. The largest absolute Gasteiger partial charge is 0.497 e. The third-order valence-electron chi connectivity index (χ3n) is 6.44. The summed E-state index contributed by atoms with van der Waals surface area (Å²) in [4.78, 5) is 30.4. The van der Waals surface area contributed by atoms with Crippen molar-refractivity contribution in [1.29, 1.82) is 0 Å². The maximum absolute atomic E-state index is 13.2. The molecule has 1 unspecified atom stereocenters. The molecule has 0 saturated heterocycles. The van der Waals surface area contributed by atoms with Crippen LogP contribution < -0.4 is 10.1 Å². The van der Waals surface area contributed by atoms with Gasteiger partial charge in [0.2, 0.25) is 0 Å². The van der Waals surface area contributed by atoms with Gasteiger partial charge >= 0.3 is 6.09 Å². The van der Waals surface area contributed by atoms with Gasteiger partial charge in [0.05, 0.1) is 31.4 Å². The highest BCUT2D eigenvalue weighted by Crippen LogP contribution is 2.31. The molecule has 0 saturated carbocycles. The minimum atomic E-state index is -0.496. The molecule has 3 rings (SSSR count). The van der Waals surface area contributed by atoms with Crippen LogP contribution in [0.1, 0.15) is 81.3 Å². The molecule has 6 heteroatoms.